The van der Waals surface area contributed by atoms with Crippen LogP contribution >= 0.6 is 0 Å². The first-order chi connectivity index (χ1) is 11.4. The highest BCUT2D eigenvalue weighted by Gasteiger charge is 2.38. The predicted molar refractivity (Wildman–Crippen MR) is 89.3 cm³/mol. The molecule has 1 aromatic carbocycles. The second kappa shape index (κ2) is 6.11. The molecule has 2 aromatic rings. The summed E-state index contributed by atoms with van der Waals surface area (Å²) in [6, 6.07) is 8.35. The fourth-order valence-corrected chi connectivity index (χ4v) is 2.91. The number of hydrogen-bond acceptors (Lipinski definition) is 3. The summed E-state index contributed by atoms with van der Waals surface area (Å²) in [6.45, 7) is 5.47. The van der Waals surface area contributed by atoms with Gasteiger partial charge in [0.25, 0.3) is 5.91 Å². The molecule has 1 atom stereocenters. The van der Waals surface area contributed by atoms with Crippen molar-refractivity contribution in [2.24, 2.45) is 0 Å². The number of carboxylic acids is 1. The predicted octanol–water partition coefficient (Wildman–Crippen LogP) is 2.57. The van der Waals surface area contributed by atoms with Gasteiger partial charge in [0, 0.05) is 17.3 Å². The van der Waals surface area contributed by atoms with Crippen molar-refractivity contribution in [2.45, 2.75) is 45.7 Å². The third-order valence-corrected chi connectivity index (χ3v) is 4.32. The highest BCUT2D eigenvalue weighted by atomic mass is 16.4. The van der Waals surface area contributed by atoms with Crippen molar-refractivity contribution in [1.82, 2.24) is 14.7 Å². The summed E-state index contributed by atoms with van der Waals surface area (Å²) >= 11 is 0. The molecule has 1 aromatic heterocycles. The molecule has 0 bridgehead atoms. The molecular weight excluding hydrogens is 306 g/mol. The van der Waals surface area contributed by atoms with Crippen LogP contribution in [0, 0.1) is 13.8 Å². The van der Waals surface area contributed by atoms with Crippen LogP contribution in [-0.2, 0) is 4.79 Å². The summed E-state index contributed by atoms with van der Waals surface area (Å²) in [7, 11) is 0. The van der Waals surface area contributed by atoms with Gasteiger partial charge in [-0.3, -0.25) is 4.79 Å². The minimum atomic E-state index is -0.977. The Kier molecular flexibility index (Phi) is 4.13. The van der Waals surface area contributed by atoms with Crippen LogP contribution in [0.5, 0.6) is 0 Å². The Morgan fingerprint density at radius 2 is 1.88 bits per heavy atom. The van der Waals surface area contributed by atoms with E-state index in [-0.39, 0.29) is 11.9 Å². The van der Waals surface area contributed by atoms with Crippen LogP contribution in [-0.4, -0.2) is 43.7 Å². The third-order valence-electron chi connectivity index (χ3n) is 4.32. The molecule has 1 heterocycles. The molecule has 1 amide bonds. The van der Waals surface area contributed by atoms with Crippen molar-refractivity contribution in [3.8, 4) is 5.69 Å². The van der Waals surface area contributed by atoms with Gasteiger partial charge in [0.1, 0.15) is 6.04 Å². The van der Waals surface area contributed by atoms with Crippen molar-refractivity contribution in [2.75, 3.05) is 0 Å². The zero-order valence-electron chi connectivity index (χ0n) is 14.1. The zero-order chi connectivity index (χ0) is 17.4. The summed E-state index contributed by atoms with van der Waals surface area (Å²) in [5.74, 6) is -1.21. The standard InChI is InChI=1S/C18H21N3O3/c1-11-10-12(2)21(19-11)16-6-4-14(5-7-16)17(22)20(15-8-9-15)13(3)18(23)24/h4-7,10,13,15H,8-9H2,1-3H3,(H,23,24). The maximum Gasteiger partial charge on any atom is 0.326 e. The Balaban J connectivity index is 1.85. The van der Waals surface area contributed by atoms with Gasteiger partial charge in [0.2, 0.25) is 0 Å². The van der Waals surface area contributed by atoms with E-state index in [2.05, 4.69) is 5.10 Å². The number of benzene rings is 1. The quantitative estimate of drug-likeness (QED) is 0.916. The largest absolute Gasteiger partial charge is 0.480 e. The molecule has 0 radical (unpaired) electrons. The molecule has 0 saturated heterocycles. The molecule has 6 nitrogen and oxygen atoms in total. The average Bonchev–Trinajstić information content (AvgIpc) is 3.31. The number of hydrogen-bond donors (Lipinski definition) is 1. The number of aliphatic carboxylic acids is 1. The Morgan fingerprint density at radius 1 is 1.25 bits per heavy atom. The van der Waals surface area contributed by atoms with Crippen LogP contribution in [0.4, 0.5) is 0 Å². The minimum absolute atomic E-state index is 0.0410. The van der Waals surface area contributed by atoms with Gasteiger partial charge in [0.15, 0.2) is 0 Å². The molecule has 24 heavy (non-hydrogen) atoms. The first kappa shape index (κ1) is 16.2. The number of carbonyl (C=O) groups is 2. The Bertz CT molecular complexity index is 775. The third kappa shape index (κ3) is 3.04. The van der Waals surface area contributed by atoms with E-state index < -0.39 is 12.0 Å². The van der Waals surface area contributed by atoms with Gasteiger partial charge >= 0.3 is 5.97 Å². The highest BCUT2D eigenvalue weighted by molar-refractivity contribution is 5.97. The van der Waals surface area contributed by atoms with Crippen molar-refractivity contribution in [1.29, 1.82) is 0 Å². The van der Waals surface area contributed by atoms with Gasteiger partial charge < -0.3 is 10.0 Å². The number of aromatic nitrogens is 2. The number of carboxylic acid groups (broad SMARTS) is 1. The van der Waals surface area contributed by atoms with E-state index in [1.165, 1.54) is 4.90 Å². The van der Waals surface area contributed by atoms with Gasteiger partial charge in [-0.1, -0.05) is 0 Å². The fraction of sp³-hybridized carbons (Fsp3) is 0.389. The lowest BCUT2D eigenvalue weighted by molar-refractivity contribution is -0.141. The van der Waals surface area contributed by atoms with E-state index in [0.29, 0.717) is 5.56 Å². The number of amides is 1. The maximum atomic E-state index is 12.7. The summed E-state index contributed by atoms with van der Waals surface area (Å²) in [4.78, 5) is 25.5. The van der Waals surface area contributed by atoms with Crippen molar-refractivity contribution < 1.29 is 14.7 Å². The van der Waals surface area contributed by atoms with E-state index in [9.17, 15) is 14.7 Å². The maximum absolute atomic E-state index is 12.7. The number of aryl methyl sites for hydroxylation is 2. The Labute approximate surface area is 140 Å². The van der Waals surface area contributed by atoms with Crippen LogP contribution in [0.15, 0.2) is 30.3 Å². The smallest absolute Gasteiger partial charge is 0.326 e. The summed E-state index contributed by atoms with van der Waals surface area (Å²) in [5, 5.41) is 13.7. The Morgan fingerprint density at radius 3 is 2.33 bits per heavy atom. The van der Waals surface area contributed by atoms with Crippen LogP contribution in [0.3, 0.4) is 0 Å². The fourth-order valence-electron chi connectivity index (χ4n) is 2.91. The molecule has 0 aliphatic heterocycles. The molecule has 1 aliphatic rings. The summed E-state index contributed by atoms with van der Waals surface area (Å²) in [5.41, 5.74) is 3.33. The number of nitrogens with zero attached hydrogens (tertiary/aromatic N) is 3. The van der Waals surface area contributed by atoms with E-state index in [4.69, 9.17) is 0 Å². The SMILES string of the molecule is Cc1cc(C)n(-c2ccc(C(=O)N(C3CC3)C(C)C(=O)O)cc2)n1. The molecule has 1 saturated carbocycles. The lowest BCUT2D eigenvalue weighted by atomic mass is 10.1. The number of carbonyl (C=O) groups excluding carboxylic acids is 1. The van der Waals surface area contributed by atoms with Crippen molar-refractivity contribution in [3.63, 3.8) is 0 Å². The van der Waals surface area contributed by atoms with Crippen molar-refractivity contribution >= 4 is 11.9 Å². The van der Waals surface area contributed by atoms with Gasteiger partial charge in [-0.15, -0.1) is 0 Å². The molecule has 0 spiro atoms. The first-order valence-electron chi connectivity index (χ1n) is 8.07. The molecule has 1 N–H and O–H groups in total. The van der Waals surface area contributed by atoms with E-state index in [0.717, 1.165) is 29.9 Å². The minimum Gasteiger partial charge on any atom is -0.480 e. The second-order valence-corrected chi connectivity index (χ2v) is 6.34. The molecule has 1 aliphatic carbocycles. The number of rotatable bonds is 5. The normalized spacial score (nSPS) is 15.1. The van der Waals surface area contributed by atoms with Crippen LogP contribution in [0.2, 0.25) is 0 Å². The molecule has 6 heteroatoms. The molecule has 3 rings (SSSR count). The van der Waals surface area contributed by atoms with Crippen LogP contribution in [0.25, 0.3) is 5.69 Å². The van der Waals surface area contributed by atoms with Gasteiger partial charge in [-0.25, -0.2) is 9.48 Å². The van der Waals surface area contributed by atoms with Crippen molar-refractivity contribution in [3.05, 3.63) is 47.3 Å². The molecule has 126 valence electrons. The van der Waals surface area contributed by atoms with E-state index in [1.54, 1.807) is 19.1 Å². The molecule has 1 fully saturated rings. The lowest BCUT2D eigenvalue weighted by Crippen LogP contribution is -2.44. The Hall–Kier alpha value is -2.63. The van der Waals surface area contributed by atoms with Gasteiger partial charge in [-0.05, 0) is 63.9 Å². The monoisotopic (exact) mass is 327 g/mol. The zero-order valence-corrected chi connectivity index (χ0v) is 14.1. The molecule has 1 unspecified atom stereocenters. The first-order valence-corrected chi connectivity index (χ1v) is 8.07. The van der Waals surface area contributed by atoms with E-state index in [1.807, 2.05) is 36.7 Å². The van der Waals surface area contributed by atoms with Gasteiger partial charge in [-0.2, -0.15) is 5.10 Å². The highest BCUT2D eigenvalue weighted by Crippen LogP contribution is 2.30. The van der Waals surface area contributed by atoms with Gasteiger partial charge in [0.05, 0.1) is 11.4 Å². The lowest BCUT2D eigenvalue weighted by Gasteiger charge is -2.26. The van der Waals surface area contributed by atoms with Crippen LogP contribution in [0.1, 0.15) is 41.5 Å². The molecular formula is C18H21N3O3. The summed E-state index contributed by atoms with van der Waals surface area (Å²) in [6.07, 6.45) is 1.74. The topological polar surface area (TPSA) is 75.4 Å². The van der Waals surface area contributed by atoms with E-state index >= 15 is 0 Å². The summed E-state index contributed by atoms with van der Waals surface area (Å²) < 4.78 is 1.82. The second-order valence-electron chi connectivity index (χ2n) is 6.34. The van der Waals surface area contributed by atoms with Crippen LogP contribution < -0.4 is 0 Å². The average molecular weight is 327 g/mol.